The van der Waals surface area contributed by atoms with Crippen molar-refractivity contribution in [3.05, 3.63) is 65.5 Å². The molecule has 1 fully saturated rings. The third-order valence-electron chi connectivity index (χ3n) is 5.46. The van der Waals surface area contributed by atoms with Gasteiger partial charge in [-0.1, -0.05) is 30.3 Å². The van der Waals surface area contributed by atoms with Crippen molar-refractivity contribution in [1.29, 1.82) is 0 Å². The van der Waals surface area contributed by atoms with Crippen molar-refractivity contribution in [2.45, 2.75) is 19.4 Å². The Kier molecular flexibility index (Phi) is 6.36. The van der Waals surface area contributed by atoms with E-state index in [-0.39, 0.29) is 11.9 Å². The number of hydrogen-bond acceptors (Lipinski definition) is 7. The zero-order chi connectivity index (χ0) is 21.8. The summed E-state index contributed by atoms with van der Waals surface area (Å²) in [6.45, 7) is 4.10. The fourth-order valence-electron chi connectivity index (χ4n) is 3.79. The van der Waals surface area contributed by atoms with Crippen molar-refractivity contribution in [1.82, 2.24) is 14.3 Å². The molecule has 0 bridgehead atoms. The van der Waals surface area contributed by atoms with Crippen LogP contribution in [0.1, 0.15) is 28.7 Å². The van der Waals surface area contributed by atoms with Gasteiger partial charge in [-0.25, -0.2) is 4.98 Å². The number of rotatable bonds is 6. The first-order valence-corrected chi connectivity index (χ1v) is 11.0. The fourth-order valence-corrected chi connectivity index (χ4v) is 4.51. The van der Waals surface area contributed by atoms with Gasteiger partial charge in [0, 0.05) is 49.7 Å². The van der Waals surface area contributed by atoms with E-state index in [9.17, 15) is 4.79 Å². The van der Waals surface area contributed by atoms with E-state index >= 15 is 0 Å². The van der Waals surface area contributed by atoms with E-state index in [1.807, 2.05) is 23.1 Å². The zero-order valence-corrected chi connectivity index (χ0v) is 18.8. The summed E-state index contributed by atoms with van der Waals surface area (Å²) in [5, 5.41) is 0.909. The Bertz CT molecular complexity index is 1040. The van der Waals surface area contributed by atoms with E-state index in [2.05, 4.69) is 28.3 Å². The van der Waals surface area contributed by atoms with Crippen LogP contribution in [0.15, 0.2) is 48.5 Å². The van der Waals surface area contributed by atoms with Crippen LogP contribution in [0.5, 0.6) is 11.5 Å². The summed E-state index contributed by atoms with van der Waals surface area (Å²) in [4.78, 5) is 22.0. The molecule has 1 saturated heterocycles. The maximum atomic E-state index is 13.2. The van der Waals surface area contributed by atoms with Gasteiger partial charge in [0.15, 0.2) is 0 Å². The van der Waals surface area contributed by atoms with E-state index in [0.717, 1.165) is 17.4 Å². The van der Waals surface area contributed by atoms with Gasteiger partial charge in [0.2, 0.25) is 5.13 Å². The van der Waals surface area contributed by atoms with Crippen LogP contribution in [0.2, 0.25) is 0 Å². The smallest absolute Gasteiger partial charge is 0.257 e. The number of amides is 1. The van der Waals surface area contributed by atoms with E-state index < -0.39 is 0 Å². The second-order valence-corrected chi connectivity index (χ2v) is 8.25. The quantitative estimate of drug-likeness (QED) is 0.587. The first kappa shape index (κ1) is 21.1. The summed E-state index contributed by atoms with van der Waals surface area (Å²) in [5.74, 6) is 1.98. The molecule has 4 rings (SSSR count). The van der Waals surface area contributed by atoms with Gasteiger partial charge >= 0.3 is 0 Å². The number of anilines is 1. The summed E-state index contributed by atoms with van der Waals surface area (Å²) in [5.41, 5.74) is 1.74. The molecule has 8 heteroatoms. The summed E-state index contributed by atoms with van der Waals surface area (Å²) >= 11 is 1.42. The largest absolute Gasteiger partial charge is 0.497 e. The number of piperazine rings is 1. The van der Waals surface area contributed by atoms with Crippen LogP contribution in [0, 0.1) is 0 Å². The molecule has 0 aliphatic carbocycles. The van der Waals surface area contributed by atoms with Crippen LogP contribution in [0.3, 0.4) is 0 Å². The normalized spacial score (nSPS) is 16.3. The number of carbonyl (C=O) groups is 1. The van der Waals surface area contributed by atoms with E-state index in [1.54, 1.807) is 32.4 Å². The second kappa shape index (κ2) is 9.34. The van der Waals surface area contributed by atoms with Crippen molar-refractivity contribution < 1.29 is 14.3 Å². The highest BCUT2D eigenvalue weighted by Gasteiger charge is 2.31. The molecule has 0 saturated carbocycles. The highest BCUT2D eigenvalue weighted by Crippen LogP contribution is 2.28. The Morgan fingerprint density at radius 3 is 2.65 bits per heavy atom. The van der Waals surface area contributed by atoms with Crippen LogP contribution in [-0.2, 0) is 6.42 Å². The summed E-state index contributed by atoms with van der Waals surface area (Å²) in [6.07, 6.45) is 0.725. The molecule has 1 aliphatic heterocycles. The average molecular weight is 439 g/mol. The topological polar surface area (TPSA) is 67.8 Å². The number of aromatic nitrogens is 2. The average Bonchev–Trinajstić information content (AvgIpc) is 3.27. The summed E-state index contributed by atoms with van der Waals surface area (Å²) < 4.78 is 15.2. The molecule has 1 aliphatic rings. The maximum absolute atomic E-state index is 13.2. The molecule has 1 amide bonds. The van der Waals surface area contributed by atoms with Gasteiger partial charge in [-0.3, -0.25) is 4.79 Å². The molecule has 1 aromatic heterocycles. The molecule has 0 spiro atoms. The Morgan fingerprint density at radius 1 is 1.13 bits per heavy atom. The van der Waals surface area contributed by atoms with Crippen LogP contribution in [0.25, 0.3) is 0 Å². The molecule has 31 heavy (non-hydrogen) atoms. The Balaban J connectivity index is 1.43. The van der Waals surface area contributed by atoms with Gasteiger partial charge in [-0.15, -0.1) is 0 Å². The Hall–Kier alpha value is -3.13. The number of benzene rings is 2. The van der Waals surface area contributed by atoms with Crippen molar-refractivity contribution in [2.75, 3.05) is 38.8 Å². The monoisotopic (exact) mass is 438 g/mol. The fraction of sp³-hybridized carbons (Fsp3) is 0.348. The molecule has 162 valence electrons. The number of carbonyl (C=O) groups excluding carboxylic acids is 1. The highest BCUT2D eigenvalue weighted by atomic mass is 32.1. The van der Waals surface area contributed by atoms with Crippen LogP contribution in [0.4, 0.5) is 5.13 Å². The van der Waals surface area contributed by atoms with Crippen LogP contribution >= 0.6 is 11.5 Å². The Labute approximate surface area is 186 Å². The number of methoxy groups -OCH3 is 2. The molecule has 2 aromatic carbocycles. The lowest BCUT2D eigenvalue weighted by molar-refractivity contribution is 0.0670. The van der Waals surface area contributed by atoms with Gasteiger partial charge < -0.3 is 19.3 Å². The molecule has 3 aromatic rings. The van der Waals surface area contributed by atoms with Crippen molar-refractivity contribution >= 4 is 22.6 Å². The van der Waals surface area contributed by atoms with Gasteiger partial charge in [0.05, 0.1) is 19.8 Å². The molecular weight excluding hydrogens is 412 g/mol. The molecule has 1 atom stereocenters. The van der Waals surface area contributed by atoms with E-state index in [1.165, 1.54) is 17.1 Å². The standard InChI is InChI=1S/C23H26N4O3S/c1-16-15-26(23-24-21(25-31-23)13-17-7-5-4-6-8-17)11-12-27(16)22(28)19-10-9-18(29-2)14-20(19)30-3/h4-10,14,16H,11-13,15H2,1-3H3. The van der Waals surface area contributed by atoms with E-state index in [0.29, 0.717) is 36.7 Å². The van der Waals surface area contributed by atoms with Crippen LogP contribution in [-0.4, -0.2) is 60.1 Å². The third kappa shape index (κ3) is 4.64. The molecule has 0 radical (unpaired) electrons. The number of hydrogen-bond donors (Lipinski definition) is 0. The molecule has 0 N–H and O–H groups in total. The molecule has 7 nitrogen and oxygen atoms in total. The van der Waals surface area contributed by atoms with Crippen molar-refractivity contribution in [3.63, 3.8) is 0 Å². The number of nitrogens with zero attached hydrogens (tertiary/aromatic N) is 4. The highest BCUT2D eigenvalue weighted by molar-refractivity contribution is 7.09. The first-order valence-electron chi connectivity index (χ1n) is 10.2. The summed E-state index contributed by atoms with van der Waals surface area (Å²) in [6, 6.07) is 15.6. The second-order valence-electron chi connectivity index (χ2n) is 7.52. The SMILES string of the molecule is COc1ccc(C(=O)N2CCN(c3nc(Cc4ccccc4)ns3)CC2C)c(OC)c1. The van der Waals surface area contributed by atoms with Crippen LogP contribution < -0.4 is 14.4 Å². The minimum Gasteiger partial charge on any atom is -0.497 e. The minimum absolute atomic E-state index is 0.0336. The maximum Gasteiger partial charge on any atom is 0.257 e. The van der Waals surface area contributed by atoms with Gasteiger partial charge in [0.1, 0.15) is 17.3 Å². The molecule has 1 unspecified atom stereocenters. The predicted molar refractivity (Wildman–Crippen MR) is 121 cm³/mol. The lowest BCUT2D eigenvalue weighted by Crippen LogP contribution is -2.54. The molecular formula is C23H26N4O3S. The minimum atomic E-state index is -0.0336. The molecule has 2 heterocycles. The zero-order valence-electron chi connectivity index (χ0n) is 17.9. The third-order valence-corrected chi connectivity index (χ3v) is 6.28. The van der Waals surface area contributed by atoms with Gasteiger partial charge in [-0.2, -0.15) is 4.37 Å². The van der Waals surface area contributed by atoms with Crippen molar-refractivity contribution in [2.24, 2.45) is 0 Å². The lowest BCUT2D eigenvalue weighted by Gasteiger charge is -2.39. The Morgan fingerprint density at radius 2 is 1.94 bits per heavy atom. The van der Waals surface area contributed by atoms with E-state index in [4.69, 9.17) is 14.5 Å². The van der Waals surface area contributed by atoms with Gasteiger partial charge in [0.25, 0.3) is 5.91 Å². The first-order chi connectivity index (χ1) is 15.1. The van der Waals surface area contributed by atoms with Crippen molar-refractivity contribution in [3.8, 4) is 11.5 Å². The summed E-state index contributed by atoms with van der Waals surface area (Å²) in [7, 11) is 3.16. The van der Waals surface area contributed by atoms with Gasteiger partial charge in [-0.05, 0) is 24.6 Å². The lowest BCUT2D eigenvalue weighted by atomic mass is 10.1. The predicted octanol–water partition coefficient (Wildman–Crippen LogP) is 3.50. The number of ether oxygens (including phenoxy) is 2.